The third kappa shape index (κ3) is 5.75. The number of carbonyl (C=O) groups excluding carboxylic acids is 2. The topological polar surface area (TPSA) is 58.2 Å². The van der Waals surface area contributed by atoms with Crippen molar-refractivity contribution in [3.63, 3.8) is 0 Å². The van der Waals surface area contributed by atoms with Gasteiger partial charge in [-0.25, -0.2) is 4.79 Å². The zero-order valence-electron chi connectivity index (χ0n) is 9.61. The number of amides is 3. The maximum Gasteiger partial charge on any atom is 0.321 e. The third-order valence-corrected chi connectivity index (χ3v) is 3.11. The molecular formula is C12H13ClN2O2S. The number of hydrogen-bond donors (Lipinski definition) is 2. The van der Waals surface area contributed by atoms with Crippen LogP contribution in [0.5, 0.6) is 0 Å². The van der Waals surface area contributed by atoms with Gasteiger partial charge in [0, 0.05) is 16.5 Å². The minimum Gasteiger partial charge on any atom is -0.334 e. The number of urea groups is 1. The second-order valence-electron chi connectivity index (χ2n) is 3.29. The van der Waals surface area contributed by atoms with E-state index in [0.717, 1.165) is 4.90 Å². The van der Waals surface area contributed by atoms with Gasteiger partial charge < -0.3 is 5.32 Å². The molecule has 0 aliphatic rings. The van der Waals surface area contributed by atoms with Gasteiger partial charge in [-0.1, -0.05) is 17.7 Å². The van der Waals surface area contributed by atoms with Gasteiger partial charge in [0.2, 0.25) is 5.91 Å². The van der Waals surface area contributed by atoms with Crippen LogP contribution in [0.15, 0.2) is 41.8 Å². The number of rotatable bonds is 5. The summed E-state index contributed by atoms with van der Waals surface area (Å²) in [6, 6.07) is 6.62. The normalized spacial score (nSPS) is 9.61. The molecular weight excluding hydrogens is 272 g/mol. The number of thioether (sulfide) groups is 1. The van der Waals surface area contributed by atoms with Gasteiger partial charge in [0.25, 0.3) is 0 Å². The van der Waals surface area contributed by atoms with Gasteiger partial charge in [-0.05, 0) is 24.3 Å². The summed E-state index contributed by atoms with van der Waals surface area (Å²) in [7, 11) is 0. The molecule has 4 nitrogen and oxygen atoms in total. The van der Waals surface area contributed by atoms with Gasteiger partial charge in [0.05, 0.1) is 5.75 Å². The Morgan fingerprint density at radius 1 is 1.33 bits per heavy atom. The van der Waals surface area contributed by atoms with E-state index in [4.69, 9.17) is 11.6 Å². The Hall–Kier alpha value is -1.46. The Bertz CT molecular complexity index is 434. The number of hydrogen-bond acceptors (Lipinski definition) is 3. The van der Waals surface area contributed by atoms with E-state index < -0.39 is 6.03 Å². The lowest BCUT2D eigenvalue weighted by Gasteiger charge is -2.04. The van der Waals surface area contributed by atoms with Crippen molar-refractivity contribution >= 4 is 35.3 Å². The maximum absolute atomic E-state index is 11.4. The average Bonchev–Trinajstić information content (AvgIpc) is 2.35. The predicted octanol–water partition coefficient (Wildman–Crippen LogP) is 2.44. The first-order valence-corrected chi connectivity index (χ1v) is 6.55. The molecule has 1 rings (SSSR count). The first-order valence-electron chi connectivity index (χ1n) is 5.19. The monoisotopic (exact) mass is 284 g/mol. The lowest BCUT2D eigenvalue weighted by Crippen LogP contribution is -2.40. The fourth-order valence-corrected chi connectivity index (χ4v) is 1.88. The van der Waals surface area contributed by atoms with Crippen molar-refractivity contribution in [3.8, 4) is 0 Å². The highest BCUT2D eigenvalue weighted by molar-refractivity contribution is 8.00. The molecule has 1 aromatic rings. The van der Waals surface area contributed by atoms with E-state index >= 15 is 0 Å². The summed E-state index contributed by atoms with van der Waals surface area (Å²) in [6.07, 6.45) is 1.53. The fourth-order valence-electron chi connectivity index (χ4n) is 1.05. The number of imide groups is 1. The molecule has 18 heavy (non-hydrogen) atoms. The highest BCUT2D eigenvalue weighted by Gasteiger charge is 2.07. The molecule has 0 saturated heterocycles. The summed E-state index contributed by atoms with van der Waals surface area (Å²) in [5, 5.41) is 5.31. The number of carbonyl (C=O) groups is 2. The smallest absolute Gasteiger partial charge is 0.321 e. The zero-order chi connectivity index (χ0) is 13.4. The Morgan fingerprint density at radius 2 is 2.00 bits per heavy atom. The van der Waals surface area contributed by atoms with Gasteiger partial charge >= 0.3 is 6.03 Å². The van der Waals surface area contributed by atoms with E-state index in [1.807, 2.05) is 12.1 Å². The molecule has 96 valence electrons. The second kappa shape index (κ2) is 7.79. The van der Waals surface area contributed by atoms with Crippen molar-refractivity contribution in [2.45, 2.75) is 4.90 Å². The first kappa shape index (κ1) is 14.6. The quantitative estimate of drug-likeness (QED) is 0.645. The molecule has 0 aliphatic heterocycles. The summed E-state index contributed by atoms with van der Waals surface area (Å²) in [6.45, 7) is 3.78. The van der Waals surface area contributed by atoms with Crippen molar-refractivity contribution in [2.24, 2.45) is 0 Å². The second-order valence-corrected chi connectivity index (χ2v) is 4.77. The van der Waals surface area contributed by atoms with Gasteiger partial charge in [-0.3, -0.25) is 10.1 Å². The highest BCUT2D eigenvalue weighted by atomic mass is 35.5. The SMILES string of the molecule is C=CCNC(=O)NC(=O)CSc1ccc(Cl)cc1. The van der Waals surface area contributed by atoms with Crippen LogP contribution in [0, 0.1) is 0 Å². The average molecular weight is 285 g/mol. The molecule has 0 saturated carbocycles. The van der Waals surface area contributed by atoms with Crippen LogP contribution >= 0.6 is 23.4 Å². The van der Waals surface area contributed by atoms with Gasteiger partial charge in [0.15, 0.2) is 0 Å². The first-order chi connectivity index (χ1) is 8.61. The molecule has 0 aromatic heterocycles. The Balaban J connectivity index is 2.30. The molecule has 3 amide bonds. The van der Waals surface area contributed by atoms with Crippen molar-refractivity contribution in [1.29, 1.82) is 0 Å². The van der Waals surface area contributed by atoms with E-state index in [1.165, 1.54) is 17.8 Å². The number of halogens is 1. The van der Waals surface area contributed by atoms with Gasteiger partial charge in [0.1, 0.15) is 0 Å². The molecule has 1 aromatic carbocycles. The summed E-state index contributed by atoms with van der Waals surface area (Å²) in [5.74, 6) is -0.181. The van der Waals surface area contributed by atoms with E-state index in [0.29, 0.717) is 11.6 Å². The molecule has 0 radical (unpaired) electrons. The van der Waals surface area contributed by atoms with Crippen molar-refractivity contribution in [1.82, 2.24) is 10.6 Å². The molecule has 6 heteroatoms. The molecule has 0 fully saturated rings. The van der Waals surface area contributed by atoms with Crippen LogP contribution in [0.2, 0.25) is 5.02 Å². The van der Waals surface area contributed by atoms with Crippen LogP contribution in [0.3, 0.4) is 0 Å². The van der Waals surface area contributed by atoms with Crippen molar-refractivity contribution in [3.05, 3.63) is 41.9 Å². The molecule has 0 heterocycles. The fraction of sp³-hybridized carbons (Fsp3) is 0.167. The highest BCUT2D eigenvalue weighted by Crippen LogP contribution is 2.19. The van der Waals surface area contributed by atoms with E-state index in [1.54, 1.807) is 12.1 Å². The molecule has 0 atom stereocenters. The predicted molar refractivity (Wildman–Crippen MR) is 73.9 cm³/mol. The Labute approximate surface area is 115 Å². The molecule has 2 N–H and O–H groups in total. The van der Waals surface area contributed by atoms with Gasteiger partial charge in [-0.2, -0.15) is 0 Å². The lowest BCUT2D eigenvalue weighted by molar-refractivity contribution is -0.117. The van der Waals surface area contributed by atoms with E-state index in [2.05, 4.69) is 17.2 Å². The summed E-state index contributed by atoms with van der Waals surface area (Å²) in [4.78, 5) is 23.5. The van der Waals surface area contributed by atoms with Crippen molar-refractivity contribution in [2.75, 3.05) is 12.3 Å². The lowest BCUT2D eigenvalue weighted by atomic mass is 10.4. The standard InChI is InChI=1S/C12H13ClN2O2S/c1-2-7-14-12(17)15-11(16)8-18-10-5-3-9(13)4-6-10/h2-6H,1,7-8H2,(H2,14,15,16,17). The maximum atomic E-state index is 11.4. The Morgan fingerprint density at radius 3 is 2.61 bits per heavy atom. The van der Waals surface area contributed by atoms with Crippen LogP contribution in [0.25, 0.3) is 0 Å². The van der Waals surface area contributed by atoms with Gasteiger partial charge in [-0.15, -0.1) is 18.3 Å². The minimum atomic E-state index is -0.517. The molecule has 0 spiro atoms. The number of nitrogens with one attached hydrogen (secondary N) is 2. The van der Waals surface area contributed by atoms with Crippen LogP contribution in [0.1, 0.15) is 0 Å². The van der Waals surface area contributed by atoms with E-state index in [9.17, 15) is 9.59 Å². The summed E-state index contributed by atoms with van der Waals surface area (Å²) >= 11 is 7.07. The van der Waals surface area contributed by atoms with Crippen LogP contribution in [0.4, 0.5) is 4.79 Å². The van der Waals surface area contributed by atoms with Crippen LogP contribution in [-0.4, -0.2) is 24.2 Å². The third-order valence-electron chi connectivity index (χ3n) is 1.84. The molecule has 0 unspecified atom stereocenters. The molecule has 0 bridgehead atoms. The zero-order valence-corrected chi connectivity index (χ0v) is 11.2. The van der Waals surface area contributed by atoms with Crippen LogP contribution in [-0.2, 0) is 4.79 Å². The molecule has 0 aliphatic carbocycles. The summed E-state index contributed by atoms with van der Waals surface area (Å²) < 4.78 is 0. The minimum absolute atomic E-state index is 0.170. The van der Waals surface area contributed by atoms with E-state index in [-0.39, 0.29) is 11.7 Å². The number of benzene rings is 1. The largest absolute Gasteiger partial charge is 0.334 e. The summed E-state index contributed by atoms with van der Waals surface area (Å²) in [5.41, 5.74) is 0. The Kier molecular flexibility index (Phi) is 6.32. The van der Waals surface area contributed by atoms with Crippen LogP contribution < -0.4 is 10.6 Å². The van der Waals surface area contributed by atoms with Crippen molar-refractivity contribution < 1.29 is 9.59 Å².